The Morgan fingerprint density at radius 2 is 2.00 bits per heavy atom. The molecule has 0 aromatic carbocycles. The molecule has 2 atom stereocenters. The van der Waals surface area contributed by atoms with Crippen molar-refractivity contribution >= 4 is 11.8 Å². The molecule has 2 fully saturated rings. The van der Waals surface area contributed by atoms with Gasteiger partial charge in [0.1, 0.15) is 5.69 Å². The van der Waals surface area contributed by atoms with Crippen LogP contribution in [0.3, 0.4) is 0 Å². The van der Waals surface area contributed by atoms with E-state index in [0.717, 1.165) is 37.4 Å². The lowest BCUT2D eigenvalue weighted by atomic mass is 10.1. The summed E-state index contributed by atoms with van der Waals surface area (Å²) in [7, 11) is 0. The predicted molar refractivity (Wildman–Crippen MR) is 109 cm³/mol. The quantitative estimate of drug-likeness (QED) is 0.486. The first-order chi connectivity index (χ1) is 14.2. The van der Waals surface area contributed by atoms with Crippen molar-refractivity contribution in [3.05, 3.63) is 42.0 Å². The maximum absolute atomic E-state index is 12.5. The number of carbonyl (C=O) groups excluding carboxylic acids is 2. The molecule has 4 rings (SSSR count). The molecule has 4 N–H and O–H groups in total. The molecular formula is C21H30N6O2. The van der Waals surface area contributed by atoms with Crippen LogP contribution in [0, 0.1) is 5.92 Å². The summed E-state index contributed by atoms with van der Waals surface area (Å²) in [5, 5.41) is 12.9. The molecule has 1 aliphatic heterocycles. The third-order valence-electron chi connectivity index (χ3n) is 5.97. The van der Waals surface area contributed by atoms with Crippen molar-refractivity contribution in [2.24, 2.45) is 5.92 Å². The highest BCUT2D eigenvalue weighted by molar-refractivity contribution is 5.92. The van der Waals surface area contributed by atoms with Crippen LogP contribution in [0.25, 0.3) is 0 Å². The second-order valence-electron chi connectivity index (χ2n) is 8.20. The summed E-state index contributed by atoms with van der Waals surface area (Å²) < 4.78 is 0. The van der Waals surface area contributed by atoms with Gasteiger partial charge in [-0.05, 0) is 49.8 Å². The third-order valence-corrected chi connectivity index (χ3v) is 5.97. The largest absolute Gasteiger partial charge is 0.357 e. The monoisotopic (exact) mass is 398 g/mol. The standard InChI is InChI=1S/C21H30N6O2/c28-20(23-10-7-16-8-11-25-26-16)12-17-5-6-18(27(17)14-15-3-4-15)13-24-21(29)19-2-1-9-22-19/h1-2,8-9,11,15,17-18,22H,3-7,10,12-14H2,(H,23,28)(H,24,29)(H,25,26)/t17-,18+/m1/s1. The smallest absolute Gasteiger partial charge is 0.267 e. The Kier molecular flexibility index (Phi) is 6.29. The van der Waals surface area contributed by atoms with Crippen molar-refractivity contribution in [3.63, 3.8) is 0 Å². The van der Waals surface area contributed by atoms with Crippen LogP contribution in [-0.2, 0) is 11.2 Å². The molecule has 2 aromatic heterocycles. The molecule has 1 saturated carbocycles. The van der Waals surface area contributed by atoms with Gasteiger partial charge in [0.05, 0.1) is 0 Å². The maximum Gasteiger partial charge on any atom is 0.267 e. The number of aromatic nitrogens is 3. The molecule has 0 bridgehead atoms. The van der Waals surface area contributed by atoms with E-state index in [1.165, 1.54) is 12.8 Å². The summed E-state index contributed by atoms with van der Waals surface area (Å²) in [5.74, 6) is 0.786. The highest BCUT2D eigenvalue weighted by Gasteiger charge is 2.38. The van der Waals surface area contributed by atoms with Crippen LogP contribution in [0.15, 0.2) is 30.6 Å². The van der Waals surface area contributed by atoms with Gasteiger partial charge in [0, 0.05) is 62.6 Å². The van der Waals surface area contributed by atoms with E-state index < -0.39 is 0 Å². The SMILES string of the molecule is O=C(C[C@H]1CC[C@@H](CNC(=O)c2ccc[nH]2)N1CC1CC1)NCCc1ccn[nH]1. The molecule has 29 heavy (non-hydrogen) atoms. The molecule has 0 unspecified atom stereocenters. The average Bonchev–Trinajstić information content (AvgIpc) is 3.11. The number of hydrogen-bond donors (Lipinski definition) is 4. The highest BCUT2D eigenvalue weighted by Crippen LogP contribution is 2.35. The molecule has 8 heteroatoms. The number of likely N-dealkylation sites (tertiary alicyclic amines) is 1. The van der Waals surface area contributed by atoms with Crippen molar-refractivity contribution in [2.45, 2.75) is 50.6 Å². The van der Waals surface area contributed by atoms with E-state index in [9.17, 15) is 9.59 Å². The van der Waals surface area contributed by atoms with Gasteiger partial charge in [-0.15, -0.1) is 0 Å². The van der Waals surface area contributed by atoms with Crippen LogP contribution < -0.4 is 10.6 Å². The molecule has 2 amide bonds. The fourth-order valence-corrected chi connectivity index (χ4v) is 4.17. The average molecular weight is 399 g/mol. The summed E-state index contributed by atoms with van der Waals surface area (Å²) in [6.07, 6.45) is 9.34. The number of nitrogens with one attached hydrogen (secondary N) is 4. The molecular weight excluding hydrogens is 368 g/mol. The summed E-state index contributed by atoms with van der Waals surface area (Å²) in [6.45, 7) is 2.28. The number of rotatable bonds is 10. The topological polar surface area (TPSA) is 106 Å². The van der Waals surface area contributed by atoms with E-state index in [4.69, 9.17) is 0 Å². The number of amides is 2. The van der Waals surface area contributed by atoms with E-state index in [1.807, 2.05) is 12.1 Å². The fourth-order valence-electron chi connectivity index (χ4n) is 4.17. The first kappa shape index (κ1) is 19.7. The number of carbonyl (C=O) groups is 2. The van der Waals surface area contributed by atoms with Gasteiger partial charge in [-0.1, -0.05) is 0 Å². The molecule has 1 aliphatic carbocycles. The van der Waals surface area contributed by atoms with Gasteiger partial charge in [0.25, 0.3) is 5.91 Å². The van der Waals surface area contributed by atoms with Crippen LogP contribution >= 0.6 is 0 Å². The number of aromatic amines is 2. The molecule has 8 nitrogen and oxygen atoms in total. The van der Waals surface area contributed by atoms with E-state index in [-0.39, 0.29) is 17.9 Å². The van der Waals surface area contributed by atoms with Crippen LogP contribution in [0.4, 0.5) is 0 Å². The van der Waals surface area contributed by atoms with E-state index in [1.54, 1.807) is 18.5 Å². The molecule has 0 spiro atoms. The fraction of sp³-hybridized carbons (Fsp3) is 0.571. The van der Waals surface area contributed by atoms with Crippen LogP contribution in [0.1, 0.15) is 48.3 Å². The molecule has 3 heterocycles. The Bertz CT molecular complexity index is 784. The Morgan fingerprint density at radius 1 is 1.14 bits per heavy atom. The van der Waals surface area contributed by atoms with Crippen molar-refractivity contribution in [1.29, 1.82) is 0 Å². The maximum atomic E-state index is 12.5. The Balaban J connectivity index is 1.26. The van der Waals surface area contributed by atoms with Gasteiger partial charge in [0.2, 0.25) is 5.91 Å². The highest BCUT2D eigenvalue weighted by atomic mass is 16.2. The van der Waals surface area contributed by atoms with Gasteiger partial charge < -0.3 is 15.6 Å². The molecule has 1 saturated heterocycles. The van der Waals surface area contributed by atoms with Crippen molar-refractivity contribution in [1.82, 2.24) is 30.7 Å². The number of hydrogen-bond acceptors (Lipinski definition) is 4. The number of H-pyrrole nitrogens is 2. The lowest BCUT2D eigenvalue weighted by Gasteiger charge is -2.30. The van der Waals surface area contributed by atoms with Crippen molar-refractivity contribution < 1.29 is 9.59 Å². The zero-order chi connectivity index (χ0) is 20.1. The molecule has 156 valence electrons. The number of nitrogens with zero attached hydrogens (tertiary/aromatic N) is 2. The second kappa shape index (κ2) is 9.26. The lowest BCUT2D eigenvalue weighted by Crippen LogP contribution is -2.45. The van der Waals surface area contributed by atoms with E-state index in [2.05, 4.69) is 30.7 Å². The zero-order valence-corrected chi connectivity index (χ0v) is 16.7. The van der Waals surface area contributed by atoms with Gasteiger partial charge in [0.15, 0.2) is 0 Å². The van der Waals surface area contributed by atoms with Gasteiger partial charge in [-0.3, -0.25) is 19.6 Å². The van der Waals surface area contributed by atoms with Crippen LogP contribution in [0.5, 0.6) is 0 Å². The predicted octanol–water partition coefficient (Wildman–Crippen LogP) is 1.46. The lowest BCUT2D eigenvalue weighted by molar-refractivity contribution is -0.122. The van der Waals surface area contributed by atoms with Gasteiger partial charge in [-0.2, -0.15) is 5.10 Å². The van der Waals surface area contributed by atoms with Gasteiger partial charge in [-0.25, -0.2) is 0 Å². The summed E-state index contributed by atoms with van der Waals surface area (Å²) in [5.41, 5.74) is 1.62. The third kappa shape index (κ3) is 5.47. The summed E-state index contributed by atoms with van der Waals surface area (Å²) >= 11 is 0. The van der Waals surface area contributed by atoms with E-state index >= 15 is 0 Å². The second-order valence-corrected chi connectivity index (χ2v) is 8.20. The van der Waals surface area contributed by atoms with Crippen molar-refractivity contribution in [3.8, 4) is 0 Å². The normalized spacial score (nSPS) is 21.9. The van der Waals surface area contributed by atoms with Crippen LogP contribution in [-0.4, -0.2) is 63.6 Å². The van der Waals surface area contributed by atoms with Gasteiger partial charge >= 0.3 is 0 Å². The minimum Gasteiger partial charge on any atom is -0.357 e. The Hall–Kier alpha value is -2.61. The summed E-state index contributed by atoms with van der Waals surface area (Å²) in [6, 6.07) is 6.09. The molecule has 2 aliphatic rings. The minimum atomic E-state index is -0.0682. The van der Waals surface area contributed by atoms with E-state index in [0.29, 0.717) is 31.2 Å². The summed E-state index contributed by atoms with van der Waals surface area (Å²) in [4.78, 5) is 30.1. The minimum absolute atomic E-state index is 0.0682. The zero-order valence-electron chi connectivity index (χ0n) is 16.7. The van der Waals surface area contributed by atoms with Crippen molar-refractivity contribution in [2.75, 3.05) is 19.6 Å². The van der Waals surface area contributed by atoms with Crippen LogP contribution in [0.2, 0.25) is 0 Å². The first-order valence-electron chi connectivity index (χ1n) is 10.6. The first-order valence-corrected chi connectivity index (χ1v) is 10.6. The molecule has 0 radical (unpaired) electrons. The Labute approximate surface area is 170 Å². The Morgan fingerprint density at radius 3 is 2.72 bits per heavy atom. The molecule has 2 aromatic rings.